The molecule has 224 valence electrons. The highest BCUT2D eigenvalue weighted by atomic mass is 16.5. The SMILES string of the molecule is CCCCC(CCCC(=O)O)(CCC(C)O)C(=O)O.CCCCOC(=O)CCCCC(=O)OCCC(C)O. The van der Waals surface area contributed by atoms with Gasteiger partial charge in [0.15, 0.2) is 0 Å². The summed E-state index contributed by atoms with van der Waals surface area (Å²) in [4.78, 5) is 44.6. The minimum absolute atomic E-state index is 0.00413. The van der Waals surface area contributed by atoms with Crippen LogP contribution in [0.15, 0.2) is 0 Å². The number of esters is 2. The van der Waals surface area contributed by atoms with Crippen molar-refractivity contribution in [3.63, 3.8) is 0 Å². The van der Waals surface area contributed by atoms with Crippen LogP contribution in [0.1, 0.15) is 124 Å². The fourth-order valence-electron chi connectivity index (χ4n) is 3.63. The number of carbonyl (C=O) groups is 4. The Hall–Kier alpha value is -2.20. The fourth-order valence-corrected chi connectivity index (χ4v) is 3.63. The molecule has 0 saturated carbocycles. The molecule has 10 nitrogen and oxygen atoms in total. The number of hydrogen-bond donors (Lipinski definition) is 4. The van der Waals surface area contributed by atoms with Crippen molar-refractivity contribution in [1.29, 1.82) is 0 Å². The predicted octanol–water partition coefficient (Wildman–Crippen LogP) is 4.87. The van der Waals surface area contributed by atoms with E-state index in [1.807, 2.05) is 13.8 Å². The molecule has 0 aliphatic rings. The second-order valence-electron chi connectivity index (χ2n) is 9.96. The largest absolute Gasteiger partial charge is 0.481 e. The van der Waals surface area contributed by atoms with Crippen molar-refractivity contribution >= 4 is 23.9 Å². The highest BCUT2D eigenvalue weighted by Gasteiger charge is 2.37. The molecule has 0 fully saturated rings. The zero-order valence-electron chi connectivity index (χ0n) is 23.9. The molecule has 0 aromatic carbocycles. The second-order valence-corrected chi connectivity index (χ2v) is 9.96. The molecule has 38 heavy (non-hydrogen) atoms. The normalized spacial score (nSPS) is 13.8. The standard InChI is InChI=1S/2C14H26O5/c1-3-4-8-14(13(18)19,10-7-11(2)15)9-5-6-12(16)17;1-3-4-10-18-13(16)7-5-6-8-14(17)19-11-9-12(2)15/h11,15H,3-10H2,1-2H3,(H,16,17)(H,18,19);12,15H,3-11H2,1-2H3. The summed E-state index contributed by atoms with van der Waals surface area (Å²) in [6.45, 7) is 8.06. The highest BCUT2D eigenvalue weighted by Crippen LogP contribution is 2.37. The van der Waals surface area contributed by atoms with Gasteiger partial charge in [0, 0.05) is 25.7 Å². The topological polar surface area (TPSA) is 168 Å². The number of rotatable bonds is 22. The van der Waals surface area contributed by atoms with Crippen molar-refractivity contribution in [2.24, 2.45) is 5.41 Å². The van der Waals surface area contributed by atoms with Crippen LogP contribution in [-0.2, 0) is 28.7 Å². The zero-order valence-corrected chi connectivity index (χ0v) is 23.9. The van der Waals surface area contributed by atoms with Crippen molar-refractivity contribution < 1.29 is 49.1 Å². The molecule has 0 rings (SSSR count). The van der Waals surface area contributed by atoms with Gasteiger partial charge in [-0.05, 0) is 65.2 Å². The molecule has 0 saturated heterocycles. The van der Waals surface area contributed by atoms with E-state index in [2.05, 4.69) is 0 Å². The summed E-state index contributed by atoms with van der Waals surface area (Å²) in [6.07, 6.45) is 7.10. The first-order chi connectivity index (χ1) is 17.9. The van der Waals surface area contributed by atoms with E-state index in [0.717, 1.165) is 25.7 Å². The third-order valence-electron chi connectivity index (χ3n) is 6.12. The van der Waals surface area contributed by atoms with E-state index in [-0.39, 0.29) is 25.0 Å². The van der Waals surface area contributed by atoms with Gasteiger partial charge in [-0.25, -0.2) is 0 Å². The first-order valence-electron chi connectivity index (χ1n) is 14.0. The monoisotopic (exact) mass is 548 g/mol. The molecule has 0 aromatic heterocycles. The van der Waals surface area contributed by atoms with Gasteiger partial charge in [-0.2, -0.15) is 0 Å². The lowest BCUT2D eigenvalue weighted by molar-refractivity contribution is -0.151. The molecule has 0 aromatic rings. The molecule has 4 N–H and O–H groups in total. The van der Waals surface area contributed by atoms with E-state index in [4.69, 9.17) is 19.7 Å². The number of aliphatic hydroxyl groups excluding tert-OH is 2. The molecular weight excluding hydrogens is 496 g/mol. The molecule has 3 unspecified atom stereocenters. The van der Waals surface area contributed by atoms with Crippen LogP contribution >= 0.6 is 0 Å². The van der Waals surface area contributed by atoms with Gasteiger partial charge >= 0.3 is 23.9 Å². The Kier molecular flexibility index (Phi) is 23.9. The molecule has 0 bridgehead atoms. The summed E-state index contributed by atoms with van der Waals surface area (Å²) >= 11 is 0. The van der Waals surface area contributed by atoms with Gasteiger partial charge in [0.2, 0.25) is 0 Å². The predicted molar refractivity (Wildman–Crippen MR) is 144 cm³/mol. The molecular formula is C28H52O10. The van der Waals surface area contributed by atoms with Gasteiger partial charge in [0.1, 0.15) is 0 Å². The van der Waals surface area contributed by atoms with Gasteiger partial charge in [0.25, 0.3) is 0 Å². The maximum atomic E-state index is 11.6. The highest BCUT2D eigenvalue weighted by molar-refractivity contribution is 5.74. The lowest BCUT2D eigenvalue weighted by Gasteiger charge is -2.30. The second kappa shape index (κ2) is 23.9. The van der Waals surface area contributed by atoms with Crippen molar-refractivity contribution in [3.8, 4) is 0 Å². The van der Waals surface area contributed by atoms with E-state index in [0.29, 0.717) is 70.8 Å². The number of aliphatic carboxylic acids is 2. The van der Waals surface area contributed by atoms with Crippen LogP contribution in [0.2, 0.25) is 0 Å². The minimum Gasteiger partial charge on any atom is -0.481 e. The van der Waals surface area contributed by atoms with Crippen molar-refractivity contribution in [1.82, 2.24) is 0 Å². The van der Waals surface area contributed by atoms with Crippen molar-refractivity contribution in [3.05, 3.63) is 0 Å². The third kappa shape index (κ3) is 23.0. The fraction of sp³-hybridized carbons (Fsp3) is 0.857. The molecule has 0 radical (unpaired) electrons. The minimum atomic E-state index is -0.898. The molecule has 0 spiro atoms. The van der Waals surface area contributed by atoms with E-state index >= 15 is 0 Å². The van der Waals surface area contributed by atoms with Crippen LogP contribution in [0.25, 0.3) is 0 Å². The van der Waals surface area contributed by atoms with E-state index < -0.39 is 29.6 Å². The number of unbranched alkanes of at least 4 members (excludes halogenated alkanes) is 3. The number of carboxylic acid groups (broad SMARTS) is 2. The lowest BCUT2D eigenvalue weighted by Crippen LogP contribution is -2.32. The van der Waals surface area contributed by atoms with Crippen molar-refractivity contribution in [2.45, 2.75) is 136 Å². The van der Waals surface area contributed by atoms with E-state index in [1.165, 1.54) is 0 Å². The van der Waals surface area contributed by atoms with Crippen LogP contribution in [0.4, 0.5) is 0 Å². The third-order valence-corrected chi connectivity index (χ3v) is 6.12. The summed E-state index contributed by atoms with van der Waals surface area (Å²) in [5.41, 5.74) is -0.886. The van der Waals surface area contributed by atoms with Gasteiger partial charge in [-0.3, -0.25) is 19.2 Å². The summed E-state index contributed by atoms with van der Waals surface area (Å²) in [5.74, 6) is -2.24. The molecule has 10 heteroatoms. The van der Waals surface area contributed by atoms with Gasteiger partial charge in [-0.1, -0.05) is 33.1 Å². The Morgan fingerprint density at radius 2 is 1.16 bits per heavy atom. The van der Waals surface area contributed by atoms with Crippen LogP contribution in [0, 0.1) is 5.41 Å². The van der Waals surface area contributed by atoms with Crippen LogP contribution in [0.5, 0.6) is 0 Å². The number of aliphatic hydroxyl groups is 2. The average Bonchev–Trinajstić information content (AvgIpc) is 2.83. The van der Waals surface area contributed by atoms with Crippen LogP contribution in [-0.4, -0.2) is 69.7 Å². The molecule has 0 amide bonds. The summed E-state index contributed by atoms with van der Waals surface area (Å²) in [6, 6.07) is 0. The van der Waals surface area contributed by atoms with E-state index in [1.54, 1.807) is 13.8 Å². The number of hydrogen-bond acceptors (Lipinski definition) is 8. The van der Waals surface area contributed by atoms with Crippen LogP contribution in [0.3, 0.4) is 0 Å². The number of carboxylic acids is 2. The van der Waals surface area contributed by atoms with Gasteiger partial charge in [-0.15, -0.1) is 0 Å². The van der Waals surface area contributed by atoms with Crippen LogP contribution < -0.4 is 0 Å². The Labute approximate surface area is 228 Å². The van der Waals surface area contributed by atoms with Crippen molar-refractivity contribution in [2.75, 3.05) is 13.2 Å². The summed E-state index contributed by atoms with van der Waals surface area (Å²) < 4.78 is 9.92. The number of ether oxygens (including phenoxy) is 2. The Morgan fingerprint density at radius 1 is 0.658 bits per heavy atom. The molecule has 0 heterocycles. The Balaban J connectivity index is 0. The van der Waals surface area contributed by atoms with Gasteiger partial charge < -0.3 is 29.9 Å². The number of carbonyl (C=O) groups excluding carboxylic acids is 2. The maximum Gasteiger partial charge on any atom is 0.309 e. The molecule has 0 aliphatic heterocycles. The maximum absolute atomic E-state index is 11.6. The molecule has 3 atom stereocenters. The Bertz CT molecular complexity index is 648. The van der Waals surface area contributed by atoms with E-state index in [9.17, 15) is 29.4 Å². The molecule has 0 aliphatic carbocycles. The first kappa shape index (κ1) is 37.9. The quantitative estimate of drug-likeness (QED) is 0.108. The average molecular weight is 549 g/mol. The van der Waals surface area contributed by atoms with Gasteiger partial charge in [0.05, 0.1) is 30.8 Å². The smallest absolute Gasteiger partial charge is 0.309 e. The zero-order chi connectivity index (χ0) is 29.4. The summed E-state index contributed by atoms with van der Waals surface area (Å²) in [5, 5.41) is 36.5. The lowest BCUT2D eigenvalue weighted by atomic mass is 9.74. The summed E-state index contributed by atoms with van der Waals surface area (Å²) in [7, 11) is 0. The first-order valence-corrected chi connectivity index (χ1v) is 14.0. The Morgan fingerprint density at radius 3 is 1.61 bits per heavy atom.